The Morgan fingerprint density at radius 1 is 1.18 bits per heavy atom. The molecule has 9 heteroatoms. The first-order chi connectivity index (χ1) is 16.5. The number of nitrogens with one attached hydrogen (secondary N) is 1. The number of methoxy groups -OCH3 is 1. The summed E-state index contributed by atoms with van der Waals surface area (Å²) >= 11 is 6.40. The number of piperidine rings is 1. The number of hydrogen-bond acceptors (Lipinski definition) is 7. The molecule has 0 radical (unpaired) electrons. The van der Waals surface area contributed by atoms with E-state index in [4.69, 9.17) is 25.8 Å². The van der Waals surface area contributed by atoms with Crippen molar-refractivity contribution >= 4 is 34.2 Å². The van der Waals surface area contributed by atoms with Crippen molar-refractivity contribution in [2.24, 2.45) is 7.05 Å². The number of fused-ring (bicyclic) bond motifs is 2. The summed E-state index contributed by atoms with van der Waals surface area (Å²) in [6.45, 7) is 2.36. The Balaban J connectivity index is 1.74. The van der Waals surface area contributed by atoms with Crippen LogP contribution in [0.4, 0.5) is 5.69 Å². The number of ether oxygens (including phenoxy) is 3. The summed E-state index contributed by atoms with van der Waals surface area (Å²) in [6.07, 6.45) is 1.73. The van der Waals surface area contributed by atoms with Gasteiger partial charge in [-0.25, -0.2) is 4.79 Å². The summed E-state index contributed by atoms with van der Waals surface area (Å²) in [5, 5.41) is 4.65. The van der Waals surface area contributed by atoms with E-state index in [1.807, 2.05) is 30.3 Å². The van der Waals surface area contributed by atoms with Crippen LogP contribution in [0.5, 0.6) is 11.5 Å². The van der Waals surface area contributed by atoms with Gasteiger partial charge in [0.25, 0.3) is 5.56 Å². The molecule has 1 aromatic heterocycles. The Bertz CT molecular complexity index is 1320. The highest BCUT2D eigenvalue weighted by atomic mass is 35.5. The van der Waals surface area contributed by atoms with Gasteiger partial charge in [0.1, 0.15) is 5.56 Å². The topological polar surface area (TPSA) is 82.0 Å². The number of aryl methyl sites for hydroxylation is 1. The first-order valence-corrected chi connectivity index (χ1v) is 11.6. The number of carbonyl (C=O) groups excluding carboxylic acids is 1. The minimum Gasteiger partial charge on any atom is -0.465 e. The largest absolute Gasteiger partial charge is 0.465 e. The molecule has 1 N–H and O–H groups in total. The zero-order valence-electron chi connectivity index (χ0n) is 19.1. The minimum absolute atomic E-state index is 0.0130. The summed E-state index contributed by atoms with van der Waals surface area (Å²) < 4.78 is 17.6. The highest BCUT2D eigenvalue weighted by molar-refractivity contribution is 6.31. The molecule has 0 amide bonds. The molecule has 2 aromatic carbocycles. The second-order valence-electron chi connectivity index (χ2n) is 8.54. The van der Waals surface area contributed by atoms with Crippen molar-refractivity contribution in [3.05, 3.63) is 62.9 Å². The molecule has 3 heterocycles. The Morgan fingerprint density at radius 3 is 2.71 bits per heavy atom. The van der Waals surface area contributed by atoms with Gasteiger partial charge in [-0.3, -0.25) is 4.79 Å². The maximum Gasteiger partial charge on any atom is 0.345 e. The predicted octanol–water partition coefficient (Wildman–Crippen LogP) is 3.47. The van der Waals surface area contributed by atoms with E-state index in [9.17, 15) is 9.59 Å². The number of nitrogens with zero attached hydrogens (tertiary/aromatic N) is 2. The van der Waals surface area contributed by atoms with Gasteiger partial charge in [0.2, 0.25) is 6.79 Å². The lowest BCUT2D eigenvalue weighted by atomic mass is 9.99. The summed E-state index contributed by atoms with van der Waals surface area (Å²) in [7, 11) is 2.95. The van der Waals surface area contributed by atoms with Crippen molar-refractivity contribution in [3.8, 4) is 11.5 Å². The molecule has 8 nitrogen and oxygen atoms in total. The van der Waals surface area contributed by atoms with Gasteiger partial charge in [-0.15, -0.1) is 0 Å². The van der Waals surface area contributed by atoms with Gasteiger partial charge in [-0.2, -0.15) is 0 Å². The van der Waals surface area contributed by atoms with E-state index in [2.05, 4.69) is 10.2 Å². The fourth-order valence-electron chi connectivity index (χ4n) is 4.83. The van der Waals surface area contributed by atoms with Crippen LogP contribution in [0.15, 0.2) is 41.2 Å². The van der Waals surface area contributed by atoms with Crippen molar-refractivity contribution in [2.75, 3.05) is 31.9 Å². The maximum atomic E-state index is 13.4. The molecular formula is C25H26ClN3O5. The molecule has 2 aliphatic heterocycles. The number of rotatable bonds is 5. The third-order valence-electron chi connectivity index (χ3n) is 6.55. The van der Waals surface area contributed by atoms with Gasteiger partial charge in [0.05, 0.1) is 18.3 Å². The molecule has 0 saturated carbocycles. The number of anilines is 1. The van der Waals surface area contributed by atoms with Gasteiger partial charge < -0.3 is 29.0 Å². The van der Waals surface area contributed by atoms with Crippen LogP contribution in [0.1, 0.15) is 28.8 Å². The van der Waals surface area contributed by atoms with Gasteiger partial charge in [-0.1, -0.05) is 17.7 Å². The normalized spacial score (nSPS) is 15.5. The molecule has 1 saturated heterocycles. The zero-order valence-corrected chi connectivity index (χ0v) is 19.9. The summed E-state index contributed by atoms with van der Waals surface area (Å²) in [6, 6.07) is 11.3. The highest BCUT2D eigenvalue weighted by Crippen LogP contribution is 2.37. The standard InChI is InChI=1S/C25H26ClN3O5/c1-28-19-5-4-16(26)12-18(19)23(22(24(28)30)25(31)32-2)29(17-7-9-27-10-8-17)13-15-3-6-20-21(11-15)34-14-33-20/h3-6,11-12,17,27H,7-10,13-14H2,1-2H3. The Hall–Kier alpha value is -3.23. The lowest BCUT2D eigenvalue weighted by Crippen LogP contribution is -2.44. The van der Waals surface area contributed by atoms with Gasteiger partial charge in [-0.05, 0) is 61.8 Å². The number of halogens is 1. The number of esters is 1. The maximum absolute atomic E-state index is 13.4. The third kappa shape index (κ3) is 3.97. The molecule has 0 atom stereocenters. The molecule has 178 valence electrons. The molecule has 5 rings (SSSR count). The van der Waals surface area contributed by atoms with E-state index in [0.717, 1.165) is 36.9 Å². The van der Waals surface area contributed by atoms with Crippen molar-refractivity contribution in [1.82, 2.24) is 9.88 Å². The second kappa shape index (κ2) is 9.19. The van der Waals surface area contributed by atoms with E-state index >= 15 is 0 Å². The average Bonchev–Trinajstić information content (AvgIpc) is 3.33. The molecule has 0 aliphatic carbocycles. The van der Waals surface area contributed by atoms with Crippen LogP contribution in [0.2, 0.25) is 5.02 Å². The van der Waals surface area contributed by atoms with E-state index in [1.165, 1.54) is 11.7 Å². The fourth-order valence-corrected chi connectivity index (χ4v) is 5.01. The van der Waals surface area contributed by atoms with Crippen LogP contribution in [-0.2, 0) is 18.3 Å². The quantitative estimate of drug-likeness (QED) is 0.556. The number of aromatic nitrogens is 1. The Morgan fingerprint density at radius 2 is 1.94 bits per heavy atom. The lowest BCUT2D eigenvalue weighted by molar-refractivity contribution is 0.0599. The fraction of sp³-hybridized carbons (Fsp3) is 0.360. The van der Waals surface area contributed by atoms with Crippen molar-refractivity contribution in [3.63, 3.8) is 0 Å². The number of pyridine rings is 1. The first-order valence-electron chi connectivity index (χ1n) is 11.2. The smallest absolute Gasteiger partial charge is 0.345 e. The molecule has 3 aromatic rings. The predicted molar refractivity (Wildman–Crippen MR) is 130 cm³/mol. The molecule has 0 spiro atoms. The average molecular weight is 484 g/mol. The summed E-state index contributed by atoms with van der Waals surface area (Å²) in [4.78, 5) is 28.6. The van der Waals surface area contributed by atoms with Crippen LogP contribution >= 0.6 is 11.6 Å². The molecule has 1 fully saturated rings. The van der Waals surface area contributed by atoms with Crippen LogP contribution in [0.25, 0.3) is 10.9 Å². The number of benzene rings is 2. The van der Waals surface area contributed by atoms with Crippen molar-refractivity contribution in [1.29, 1.82) is 0 Å². The lowest BCUT2D eigenvalue weighted by Gasteiger charge is -2.38. The van der Waals surface area contributed by atoms with Crippen LogP contribution in [0.3, 0.4) is 0 Å². The molecule has 2 aliphatic rings. The van der Waals surface area contributed by atoms with Gasteiger partial charge in [0.15, 0.2) is 11.5 Å². The van der Waals surface area contributed by atoms with E-state index in [-0.39, 0.29) is 18.4 Å². The number of hydrogen-bond donors (Lipinski definition) is 1. The number of carbonyl (C=O) groups is 1. The van der Waals surface area contributed by atoms with E-state index < -0.39 is 11.5 Å². The van der Waals surface area contributed by atoms with Gasteiger partial charge >= 0.3 is 5.97 Å². The SMILES string of the molecule is COC(=O)c1c(N(Cc2ccc3c(c2)OCO3)C2CCNCC2)c2cc(Cl)ccc2n(C)c1=O. The van der Waals surface area contributed by atoms with Crippen LogP contribution < -0.4 is 25.2 Å². The molecule has 0 bridgehead atoms. The van der Waals surface area contributed by atoms with Crippen molar-refractivity contribution in [2.45, 2.75) is 25.4 Å². The van der Waals surface area contributed by atoms with E-state index in [0.29, 0.717) is 34.3 Å². The first kappa shape index (κ1) is 22.6. The minimum atomic E-state index is -0.665. The molecule has 34 heavy (non-hydrogen) atoms. The molecule has 0 unspecified atom stereocenters. The molecular weight excluding hydrogens is 458 g/mol. The third-order valence-corrected chi connectivity index (χ3v) is 6.78. The Labute approximate surface area is 202 Å². The van der Waals surface area contributed by atoms with E-state index in [1.54, 1.807) is 13.1 Å². The summed E-state index contributed by atoms with van der Waals surface area (Å²) in [5.41, 5.74) is 1.84. The zero-order chi connectivity index (χ0) is 23.8. The van der Waals surface area contributed by atoms with Crippen molar-refractivity contribution < 1.29 is 19.0 Å². The monoisotopic (exact) mass is 483 g/mol. The Kier molecular flexibility index (Phi) is 6.10. The van der Waals surface area contributed by atoms with Crippen LogP contribution in [0, 0.1) is 0 Å². The van der Waals surface area contributed by atoms with Gasteiger partial charge in [0, 0.05) is 30.0 Å². The highest BCUT2D eigenvalue weighted by Gasteiger charge is 2.31. The second-order valence-corrected chi connectivity index (χ2v) is 8.97. The van der Waals surface area contributed by atoms with Crippen LogP contribution in [-0.4, -0.2) is 43.6 Å². The summed E-state index contributed by atoms with van der Waals surface area (Å²) in [5.74, 6) is 0.730.